The van der Waals surface area contributed by atoms with Crippen LogP contribution in [0, 0.1) is 6.92 Å². The molecule has 0 fully saturated rings. The Bertz CT molecular complexity index is 1300. The van der Waals surface area contributed by atoms with Crippen molar-refractivity contribution in [3.8, 4) is 17.0 Å². The number of hydrogen-bond donors (Lipinski definition) is 1. The van der Waals surface area contributed by atoms with Crippen LogP contribution in [0.2, 0.25) is 0 Å². The number of ether oxygens (including phenoxy) is 1. The van der Waals surface area contributed by atoms with E-state index in [1.807, 2.05) is 44.3 Å². The lowest BCUT2D eigenvalue weighted by Gasteiger charge is -2.17. The predicted octanol–water partition coefficient (Wildman–Crippen LogP) is 4.58. The van der Waals surface area contributed by atoms with Crippen LogP contribution in [0.1, 0.15) is 24.4 Å². The van der Waals surface area contributed by atoms with Crippen LogP contribution in [0.4, 0.5) is 5.82 Å². The summed E-state index contributed by atoms with van der Waals surface area (Å²) in [6.45, 7) is 3.98. The zero-order valence-corrected chi connectivity index (χ0v) is 19.7. The summed E-state index contributed by atoms with van der Waals surface area (Å²) in [5.74, 6) is 2.04. The lowest BCUT2D eigenvalue weighted by molar-refractivity contribution is -0.130. The number of aromatic nitrogens is 3. The molecular formula is C26H29N5O2. The molecule has 33 heavy (non-hydrogen) atoms. The van der Waals surface area contributed by atoms with Gasteiger partial charge in [-0.1, -0.05) is 24.3 Å². The summed E-state index contributed by atoms with van der Waals surface area (Å²) in [5, 5.41) is 4.68. The highest BCUT2D eigenvalue weighted by atomic mass is 16.5. The van der Waals surface area contributed by atoms with E-state index in [9.17, 15) is 4.79 Å². The van der Waals surface area contributed by atoms with Gasteiger partial charge in [-0.3, -0.25) is 4.79 Å². The number of benzene rings is 2. The summed E-state index contributed by atoms with van der Waals surface area (Å²) in [7, 11) is 5.47. The van der Waals surface area contributed by atoms with E-state index in [1.165, 1.54) is 10.3 Å². The van der Waals surface area contributed by atoms with Crippen molar-refractivity contribution >= 4 is 22.6 Å². The molecule has 4 aromatic rings. The fourth-order valence-electron chi connectivity index (χ4n) is 3.66. The number of nitrogens with zero attached hydrogens (tertiary/aromatic N) is 4. The predicted molar refractivity (Wildman–Crippen MR) is 131 cm³/mol. The van der Waals surface area contributed by atoms with E-state index in [-0.39, 0.29) is 18.6 Å². The van der Waals surface area contributed by atoms with Crippen molar-refractivity contribution in [1.82, 2.24) is 19.4 Å². The molecule has 0 saturated carbocycles. The van der Waals surface area contributed by atoms with Crippen molar-refractivity contribution in [2.45, 2.75) is 19.9 Å². The number of carbonyl (C=O) groups excluding carboxylic acids is 1. The molecule has 0 aliphatic rings. The number of hydrogen-bond acceptors (Lipinski definition) is 5. The monoisotopic (exact) mass is 443 g/mol. The number of anilines is 1. The van der Waals surface area contributed by atoms with E-state index in [4.69, 9.17) is 4.74 Å². The van der Waals surface area contributed by atoms with Gasteiger partial charge in [-0.15, -0.1) is 0 Å². The van der Waals surface area contributed by atoms with Crippen molar-refractivity contribution in [1.29, 1.82) is 0 Å². The third-order valence-electron chi connectivity index (χ3n) is 5.61. The maximum atomic E-state index is 11.8. The Kier molecular flexibility index (Phi) is 6.31. The van der Waals surface area contributed by atoms with Gasteiger partial charge in [-0.05, 0) is 49.1 Å². The fraction of sp³-hybridized carbons (Fsp3) is 0.269. The first-order valence-corrected chi connectivity index (χ1v) is 10.9. The Balaban J connectivity index is 1.53. The minimum atomic E-state index is -0.0795. The number of rotatable bonds is 7. The van der Waals surface area contributed by atoms with Gasteiger partial charge in [0, 0.05) is 44.5 Å². The first kappa shape index (κ1) is 22.3. The Morgan fingerprint density at radius 2 is 1.94 bits per heavy atom. The molecule has 1 amide bonds. The first-order valence-electron chi connectivity index (χ1n) is 10.9. The number of nitrogens with one attached hydrogen (secondary N) is 1. The van der Waals surface area contributed by atoms with Crippen LogP contribution < -0.4 is 10.1 Å². The summed E-state index contributed by atoms with van der Waals surface area (Å²) < 4.78 is 7.76. The number of fused-ring (bicyclic) bond motifs is 1. The second-order valence-electron chi connectivity index (χ2n) is 8.40. The van der Waals surface area contributed by atoms with E-state index < -0.39 is 0 Å². The fourth-order valence-corrected chi connectivity index (χ4v) is 3.66. The van der Waals surface area contributed by atoms with Crippen molar-refractivity contribution in [3.63, 3.8) is 0 Å². The molecule has 0 aliphatic heterocycles. The molecule has 4 rings (SSSR count). The molecular weight excluding hydrogens is 414 g/mol. The lowest BCUT2D eigenvalue weighted by atomic mass is 10.1. The molecule has 7 heteroatoms. The van der Waals surface area contributed by atoms with Gasteiger partial charge < -0.3 is 19.5 Å². The number of likely N-dealkylation sites (N-methyl/N-ethyl adjacent to an activating group) is 1. The number of amides is 1. The van der Waals surface area contributed by atoms with Crippen LogP contribution in [-0.2, 0) is 11.8 Å². The highest BCUT2D eigenvalue weighted by Crippen LogP contribution is 2.27. The molecule has 0 spiro atoms. The van der Waals surface area contributed by atoms with Crippen LogP contribution in [0.5, 0.6) is 5.75 Å². The van der Waals surface area contributed by atoms with Crippen LogP contribution in [0.3, 0.4) is 0 Å². The van der Waals surface area contributed by atoms with Gasteiger partial charge in [-0.2, -0.15) is 0 Å². The molecule has 0 aliphatic carbocycles. The third-order valence-corrected chi connectivity index (χ3v) is 5.61. The quantitative estimate of drug-likeness (QED) is 0.453. The van der Waals surface area contributed by atoms with Gasteiger partial charge in [-0.25, -0.2) is 9.97 Å². The molecule has 1 unspecified atom stereocenters. The average Bonchev–Trinajstić information content (AvgIpc) is 3.17. The summed E-state index contributed by atoms with van der Waals surface area (Å²) in [6, 6.07) is 18.2. The molecule has 2 aromatic heterocycles. The van der Waals surface area contributed by atoms with Crippen LogP contribution >= 0.6 is 0 Å². The van der Waals surface area contributed by atoms with Gasteiger partial charge in [0.2, 0.25) is 0 Å². The summed E-state index contributed by atoms with van der Waals surface area (Å²) >= 11 is 0. The SMILES string of the molecule is Cc1nc(NC(C)c2cccc(OCC(=O)N(C)C)c2)cc(-c2ccc3ccn(C)c3c2)n1. The van der Waals surface area contributed by atoms with Crippen LogP contribution in [0.25, 0.3) is 22.2 Å². The maximum Gasteiger partial charge on any atom is 0.259 e. The minimum absolute atomic E-state index is 0.0121. The van der Waals surface area contributed by atoms with Crippen molar-refractivity contribution in [2.75, 3.05) is 26.0 Å². The Labute approximate surface area is 194 Å². The largest absolute Gasteiger partial charge is 0.484 e. The zero-order chi connectivity index (χ0) is 23.5. The van der Waals surface area contributed by atoms with E-state index in [2.05, 4.69) is 57.2 Å². The topological polar surface area (TPSA) is 72.3 Å². The molecule has 2 heterocycles. The lowest BCUT2D eigenvalue weighted by Crippen LogP contribution is -2.27. The van der Waals surface area contributed by atoms with Gasteiger partial charge in [0.15, 0.2) is 6.61 Å². The average molecular weight is 444 g/mol. The molecule has 2 aromatic carbocycles. The van der Waals surface area contributed by atoms with E-state index >= 15 is 0 Å². The first-order chi connectivity index (χ1) is 15.8. The van der Waals surface area contributed by atoms with E-state index in [0.29, 0.717) is 11.6 Å². The summed E-state index contributed by atoms with van der Waals surface area (Å²) in [6.07, 6.45) is 2.06. The zero-order valence-electron chi connectivity index (χ0n) is 19.7. The molecule has 1 N–H and O–H groups in total. The molecule has 0 bridgehead atoms. The van der Waals surface area contributed by atoms with Gasteiger partial charge in [0.25, 0.3) is 5.91 Å². The highest BCUT2D eigenvalue weighted by molar-refractivity contribution is 5.85. The van der Waals surface area contributed by atoms with Gasteiger partial charge >= 0.3 is 0 Å². The molecule has 7 nitrogen and oxygen atoms in total. The molecule has 1 atom stereocenters. The molecule has 0 saturated heterocycles. The van der Waals surface area contributed by atoms with Crippen LogP contribution in [-0.4, -0.2) is 46.0 Å². The number of aryl methyl sites for hydroxylation is 2. The molecule has 170 valence electrons. The number of carbonyl (C=O) groups is 1. The van der Waals surface area contributed by atoms with E-state index in [0.717, 1.165) is 28.2 Å². The summed E-state index contributed by atoms with van der Waals surface area (Å²) in [5.41, 5.74) is 4.12. The van der Waals surface area contributed by atoms with Gasteiger partial charge in [0.1, 0.15) is 17.4 Å². The molecule has 0 radical (unpaired) electrons. The van der Waals surface area contributed by atoms with Crippen molar-refractivity contribution in [2.24, 2.45) is 7.05 Å². The Morgan fingerprint density at radius 1 is 1.12 bits per heavy atom. The summed E-state index contributed by atoms with van der Waals surface area (Å²) in [4.78, 5) is 22.6. The second-order valence-corrected chi connectivity index (χ2v) is 8.40. The maximum absolute atomic E-state index is 11.8. The second kappa shape index (κ2) is 9.32. The standard InChI is InChI=1S/C26H29N5O2/c1-17(20-7-6-8-22(13-20)33-16-26(32)30(3)4)27-25-15-23(28-18(2)29-25)21-10-9-19-11-12-31(5)24(19)14-21/h6-15,17H,16H2,1-5H3,(H,27,28,29). The highest BCUT2D eigenvalue weighted by Gasteiger charge is 2.12. The normalized spacial score (nSPS) is 11.9. The smallest absolute Gasteiger partial charge is 0.259 e. The van der Waals surface area contributed by atoms with Gasteiger partial charge in [0.05, 0.1) is 11.7 Å². The Morgan fingerprint density at radius 3 is 2.73 bits per heavy atom. The van der Waals surface area contributed by atoms with Crippen molar-refractivity contribution in [3.05, 3.63) is 72.2 Å². The third kappa shape index (κ3) is 5.14. The Hall–Kier alpha value is -3.87. The van der Waals surface area contributed by atoms with Crippen LogP contribution in [0.15, 0.2) is 60.8 Å². The van der Waals surface area contributed by atoms with Crippen molar-refractivity contribution < 1.29 is 9.53 Å². The minimum Gasteiger partial charge on any atom is -0.484 e. The van der Waals surface area contributed by atoms with E-state index in [1.54, 1.807) is 14.1 Å².